The molecule has 21 heavy (non-hydrogen) atoms. The molecule has 0 aliphatic rings. The number of hydrogen-bond acceptors (Lipinski definition) is 4. The number of hydrogen-bond donors (Lipinski definition) is 1. The lowest BCUT2D eigenvalue weighted by Crippen LogP contribution is -2.11. The van der Waals surface area contributed by atoms with Crippen molar-refractivity contribution in [2.24, 2.45) is 0 Å². The van der Waals surface area contributed by atoms with Crippen LogP contribution in [0.3, 0.4) is 0 Å². The summed E-state index contributed by atoms with van der Waals surface area (Å²) in [5.41, 5.74) is 2.18. The predicted octanol–water partition coefficient (Wildman–Crippen LogP) is 4.17. The maximum absolute atomic E-state index is 12.4. The molecule has 4 nitrogen and oxygen atoms in total. The number of rotatable bonds is 3. The van der Waals surface area contributed by atoms with Gasteiger partial charge in [-0.2, -0.15) is 0 Å². The predicted molar refractivity (Wildman–Crippen MR) is 89.3 cm³/mol. The molecule has 0 spiro atoms. The zero-order valence-electron chi connectivity index (χ0n) is 11.0. The van der Waals surface area contributed by atoms with Crippen molar-refractivity contribution in [2.75, 3.05) is 4.72 Å². The zero-order valence-corrected chi connectivity index (χ0v) is 14.2. The Bertz CT molecular complexity index is 900. The Morgan fingerprint density at radius 3 is 2.71 bits per heavy atom. The summed E-state index contributed by atoms with van der Waals surface area (Å²) >= 11 is 4.53. The van der Waals surface area contributed by atoms with Gasteiger partial charge in [0.2, 0.25) is 0 Å². The summed E-state index contributed by atoms with van der Waals surface area (Å²) in [6.07, 6.45) is 1.52. The summed E-state index contributed by atoms with van der Waals surface area (Å²) in [6, 6.07) is 11.0. The standard InChI is InChI=1S/C14H11BrN2O2S2/c1-9-6-13(20-14(9)15)21(18,19)17-11-7-10-4-2-3-5-12(10)16-8-11/h2-8,17H,1H3. The fourth-order valence-electron chi connectivity index (χ4n) is 1.90. The molecule has 0 aliphatic carbocycles. The summed E-state index contributed by atoms with van der Waals surface area (Å²) in [5, 5.41) is 0.890. The van der Waals surface area contributed by atoms with Crippen LogP contribution < -0.4 is 4.72 Å². The number of nitrogens with one attached hydrogen (secondary N) is 1. The van der Waals surface area contributed by atoms with Gasteiger partial charge in [-0.25, -0.2) is 8.42 Å². The van der Waals surface area contributed by atoms with Crippen LogP contribution in [0.4, 0.5) is 5.69 Å². The average molecular weight is 383 g/mol. The highest BCUT2D eigenvalue weighted by Gasteiger charge is 2.18. The van der Waals surface area contributed by atoms with Crippen LogP contribution in [0.1, 0.15) is 5.56 Å². The highest BCUT2D eigenvalue weighted by Crippen LogP contribution is 2.31. The zero-order chi connectivity index (χ0) is 15.0. The molecule has 0 fully saturated rings. The van der Waals surface area contributed by atoms with Gasteiger partial charge in [0, 0.05) is 5.39 Å². The first-order valence-electron chi connectivity index (χ1n) is 6.09. The van der Waals surface area contributed by atoms with Crippen LogP contribution in [0, 0.1) is 6.92 Å². The highest BCUT2D eigenvalue weighted by molar-refractivity contribution is 9.11. The second kappa shape index (κ2) is 5.40. The molecule has 3 aromatic rings. The largest absolute Gasteiger partial charge is 0.277 e. The summed E-state index contributed by atoms with van der Waals surface area (Å²) < 4.78 is 28.4. The molecule has 0 radical (unpaired) electrons. The summed E-state index contributed by atoms with van der Waals surface area (Å²) in [6.45, 7) is 1.86. The minimum absolute atomic E-state index is 0.278. The quantitative estimate of drug-likeness (QED) is 0.739. The third-order valence-electron chi connectivity index (χ3n) is 2.94. The van der Waals surface area contributed by atoms with Crippen molar-refractivity contribution >= 4 is 53.9 Å². The van der Waals surface area contributed by atoms with Crippen LogP contribution in [0.2, 0.25) is 0 Å². The minimum Gasteiger partial charge on any atom is -0.277 e. The number of sulfonamides is 1. The molecule has 0 bridgehead atoms. The van der Waals surface area contributed by atoms with Crippen molar-refractivity contribution in [1.82, 2.24) is 4.98 Å². The molecule has 0 unspecified atom stereocenters. The van der Waals surface area contributed by atoms with Crippen LogP contribution in [0.15, 0.2) is 50.6 Å². The number of pyridine rings is 1. The van der Waals surface area contributed by atoms with Gasteiger partial charge in [0.15, 0.2) is 0 Å². The fraction of sp³-hybridized carbons (Fsp3) is 0.0714. The smallest absolute Gasteiger partial charge is 0.271 e. The van der Waals surface area contributed by atoms with Crippen LogP contribution in [0.25, 0.3) is 10.9 Å². The monoisotopic (exact) mass is 382 g/mol. The minimum atomic E-state index is -3.59. The van der Waals surface area contributed by atoms with E-state index in [-0.39, 0.29) is 4.21 Å². The Morgan fingerprint density at radius 1 is 1.24 bits per heavy atom. The number of benzene rings is 1. The molecule has 3 rings (SSSR count). The maximum atomic E-state index is 12.4. The van der Waals surface area contributed by atoms with Gasteiger partial charge in [-0.3, -0.25) is 9.71 Å². The van der Waals surface area contributed by atoms with E-state index in [0.29, 0.717) is 5.69 Å². The average Bonchev–Trinajstić information content (AvgIpc) is 2.79. The van der Waals surface area contributed by atoms with Gasteiger partial charge in [-0.1, -0.05) is 18.2 Å². The Balaban J connectivity index is 1.97. The van der Waals surface area contributed by atoms with Crippen molar-refractivity contribution in [3.05, 3.63) is 51.9 Å². The van der Waals surface area contributed by atoms with Crippen LogP contribution in [-0.4, -0.2) is 13.4 Å². The first kappa shape index (κ1) is 14.5. The number of nitrogens with zero attached hydrogens (tertiary/aromatic N) is 1. The Hall–Kier alpha value is -1.44. The van der Waals surface area contributed by atoms with Gasteiger partial charge < -0.3 is 0 Å². The fourth-order valence-corrected chi connectivity index (χ4v) is 5.16. The molecule has 7 heteroatoms. The van der Waals surface area contributed by atoms with Crippen molar-refractivity contribution in [3.8, 4) is 0 Å². The van der Waals surface area contributed by atoms with Gasteiger partial charge in [0.05, 0.1) is 21.2 Å². The van der Waals surface area contributed by atoms with Crippen LogP contribution in [-0.2, 0) is 10.0 Å². The maximum Gasteiger partial charge on any atom is 0.271 e. The molecule has 0 amide bonds. The van der Waals surface area contributed by atoms with E-state index in [2.05, 4.69) is 25.6 Å². The molecule has 1 aromatic carbocycles. The summed E-state index contributed by atoms with van der Waals surface area (Å²) in [4.78, 5) is 4.25. The van der Waals surface area contributed by atoms with E-state index in [1.54, 1.807) is 12.1 Å². The van der Waals surface area contributed by atoms with Gasteiger partial charge in [0.25, 0.3) is 10.0 Å². The topological polar surface area (TPSA) is 59.1 Å². The first-order chi connectivity index (χ1) is 9.95. The first-order valence-corrected chi connectivity index (χ1v) is 9.18. The Labute approximate surface area is 135 Å². The Morgan fingerprint density at radius 2 is 2.00 bits per heavy atom. The van der Waals surface area contributed by atoms with Crippen LogP contribution in [0.5, 0.6) is 0 Å². The number of aromatic nitrogens is 1. The van der Waals surface area contributed by atoms with E-state index >= 15 is 0 Å². The molecular formula is C14H11BrN2O2S2. The van der Waals surface area contributed by atoms with Crippen molar-refractivity contribution in [2.45, 2.75) is 11.1 Å². The van der Waals surface area contributed by atoms with E-state index in [4.69, 9.17) is 0 Å². The molecule has 108 valence electrons. The number of para-hydroxylation sites is 1. The SMILES string of the molecule is Cc1cc(S(=O)(=O)Nc2cnc3ccccc3c2)sc1Br. The number of fused-ring (bicyclic) bond motifs is 1. The number of aryl methyl sites for hydroxylation is 1. The molecule has 0 aliphatic heterocycles. The number of anilines is 1. The lowest BCUT2D eigenvalue weighted by atomic mass is 10.2. The molecule has 1 N–H and O–H groups in total. The second-order valence-electron chi connectivity index (χ2n) is 4.54. The van der Waals surface area contributed by atoms with Crippen molar-refractivity contribution < 1.29 is 8.42 Å². The van der Waals surface area contributed by atoms with E-state index in [1.807, 2.05) is 31.2 Å². The number of thiophene rings is 1. The second-order valence-corrected chi connectivity index (χ2v) is 8.82. The number of halogens is 1. The third kappa shape index (κ3) is 2.95. The van der Waals surface area contributed by atoms with E-state index < -0.39 is 10.0 Å². The highest BCUT2D eigenvalue weighted by atomic mass is 79.9. The molecular weight excluding hydrogens is 372 g/mol. The summed E-state index contributed by atoms with van der Waals surface area (Å²) in [7, 11) is -3.59. The van der Waals surface area contributed by atoms with Crippen LogP contribution >= 0.6 is 27.3 Å². The Kier molecular flexibility index (Phi) is 3.73. The molecule has 0 atom stereocenters. The van der Waals surface area contributed by atoms with Gasteiger partial charge >= 0.3 is 0 Å². The van der Waals surface area contributed by atoms with Gasteiger partial charge in [-0.05, 0) is 46.6 Å². The molecule has 2 aromatic heterocycles. The van der Waals surface area contributed by atoms with E-state index in [0.717, 1.165) is 20.3 Å². The van der Waals surface area contributed by atoms with Gasteiger partial charge in [-0.15, -0.1) is 11.3 Å². The summed E-state index contributed by atoms with van der Waals surface area (Å²) in [5.74, 6) is 0. The lowest BCUT2D eigenvalue weighted by Gasteiger charge is -2.06. The third-order valence-corrected chi connectivity index (χ3v) is 6.93. The van der Waals surface area contributed by atoms with Crippen molar-refractivity contribution in [1.29, 1.82) is 0 Å². The van der Waals surface area contributed by atoms with E-state index in [9.17, 15) is 8.42 Å². The molecule has 0 saturated heterocycles. The van der Waals surface area contributed by atoms with Gasteiger partial charge in [0.1, 0.15) is 4.21 Å². The molecule has 0 saturated carbocycles. The molecule has 2 heterocycles. The normalized spacial score (nSPS) is 11.7. The van der Waals surface area contributed by atoms with Crippen molar-refractivity contribution in [3.63, 3.8) is 0 Å². The van der Waals surface area contributed by atoms with E-state index in [1.165, 1.54) is 17.5 Å². The lowest BCUT2D eigenvalue weighted by molar-refractivity contribution is 0.603.